The first-order valence-electron chi connectivity index (χ1n) is 9.63. The van der Waals surface area contributed by atoms with Crippen LogP contribution in [0.15, 0.2) is 0 Å². The molecular weight excluding hydrogens is 288 g/mol. The first-order valence-corrected chi connectivity index (χ1v) is 9.63. The zero-order valence-electron chi connectivity index (χ0n) is 15.1. The van der Waals surface area contributed by atoms with Crippen molar-refractivity contribution in [2.75, 3.05) is 19.6 Å². The van der Waals surface area contributed by atoms with Crippen molar-refractivity contribution in [3.05, 3.63) is 0 Å². The predicted molar refractivity (Wildman–Crippen MR) is 92.4 cm³/mol. The highest BCUT2D eigenvalue weighted by molar-refractivity contribution is 5.68. The van der Waals surface area contributed by atoms with Crippen LogP contribution in [0.4, 0.5) is 4.79 Å². The minimum Gasteiger partial charge on any atom is -0.444 e. The summed E-state index contributed by atoms with van der Waals surface area (Å²) in [6.45, 7) is 8.73. The molecule has 2 aliphatic carbocycles. The average molecular weight is 322 g/mol. The van der Waals surface area contributed by atoms with Crippen LogP contribution in [0, 0.1) is 17.8 Å². The zero-order valence-corrected chi connectivity index (χ0v) is 15.1. The Labute approximate surface area is 141 Å². The molecule has 3 fully saturated rings. The molecule has 2 bridgehead atoms. The minimum atomic E-state index is -0.407. The highest BCUT2D eigenvalue weighted by Crippen LogP contribution is 2.47. The molecule has 1 N–H and O–H groups in total. The average Bonchev–Trinajstić information content (AvgIpc) is 3.08. The van der Waals surface area contributed by atoms with Gasteiger partial charge >= 0.3 is 6.09 Å². The third kappa shape index (κ3) is 4.40. The fraction of sp³-hybridized carbons (Fsp3) is 0.947. The molecule has 0 aromatic heterocycles. The largest absolute Gasteiger partial charge is 0.444 e. The molecule has 0 spiro atoms. The minimum absolute atomic E-state index is 0.135. The maximum Gasteiger partial charge on any atom is 0.410 e. The number of nitrogens with zero attached hydrogens (tertiary/aromatic N) is 1. The lowest BCUT2D eigenvalue weighted by Gasteiger charge is -2.37. The van der Waals surface area contributed by atoms with E-state index in [0.717, 1.165) is 50.2 Å². The van der Waals surface area contributed by atoms with Gasteiger partial charge in [-0.2, -0.15) is 0 Å². The Morgan fingerprint density at radius 2 is 1.96 bits per heavy atom. The Morgan fingerprint density at radius 3 is 2.61 bits per heavy atom. The third-order valence-electron chi connectivity index (χ3n) is 5.93. The highest BCUT2D eigenvalue weighted by atomic mass is 16.6. The van der Waals surface area contributed by atoms with Gasteiger partial charge in [-0.15, -0.1) is 0 Å². The normalized spacial score (nSPS) is 34.0. The molecule has 0 aromatic carbocycles. The summed E-state index contributed by atoms with van der Waals surface area (Å²) >= 11 is 0. The van der Waals surface area contributed by atoms with E-state index in [1.165, 1.54) is 32.1 Å². The zero-order chi connectivity index (χ0) is 16.4. The fourth-order valence-electron chi connectivity index (χ4n) is 4.84. The second kappa shape index (κ2) is 7.00. The number of likely N-dealkylation sites (tertiary alicyclic amines) is 1. The van der Waals surface area contributed by atoms with Crippen LogP contribution in [-0.2, 0) is 4.74 Å². The second-order valence-electron chi connectivity index (χ2n) is 8.92. The lowest BCUT2D eigenvalue weighted by molar-refractivity contribution is 0.00982. The molecule has 1 saturated heterocycles. The lowest BCUT2D eigenvalue weighted by atomic mass is 9.89. The van der Waals surface area contributed by atoms with Gasteiger partial charge in [-0.1, -0.05) is 6.42 Å². The van der Waals surface area contributed by atoms with Crippen LogP contribution in [0.5, 0.6) is 0 Å². The van der Waals surface area contributed by atoms with E-state index in [4.69, 9.17) is 4.74 Å². The van der Waals surface area contributed by atoms with E-state index in [9.17, 15) is 4.79 Å². The van der Waals surface area contributed by atoms with Crippen LogP contribution in [-0.4, -0.2) is 42.3 Å². The van der Waals surface area contributed by atoms with Crippen molar-refractivity contribution < 1.29 is 9.53 Å². The maximum absolute atomic E-state index is 12.4. The van der Waals surface area contributed by atoms with Gasteiger partial charge in [0.05, 0.1) is 0 Å². The third-order valence-corrected chi connectivity index (χ3v) is 5.93. The molecule has 4 unspecified atom stereocenters. The van der Waals surface area contributed by atoms with Crippen molar-refractivity contribution in [3.8, 4) is 0 Å². The number of fused-ring (bicyclic) bond motifs is 2. The Morgan fingerprint density at radius 1 is 1.13 bits per heavy atom. The summed E-state index contributed by atoms with van der Waals surface area (Å²) in [5.41, 5.74) is -0.407. The molecular formula is C19H34N2O2. The number of carbonyl (C=O) groups excluding carboxylic acids is 1. The smallest absolute Gasteiger partial charge is 0.410 e. The highest BCUT2D eigenvalue weighted by Gasteiger charge is 2.39. The van der Waals surface area contributed by atoms with Gasteiger partial charge < -0.3 is 15.0 Å². The monoisotopic (exact) mass is 322 g/mol. The molecule has 3 rings (SSSR count). The predicted octanol–water partition coefficient (Wildman–Crippen LogP) is 3.80. The van der Waals surface area contributed by atoms with E-state index >= 15 is 0 Å². The van der Waals surface area contributed by atoms with Gasteiger partial charge in [0.1, 0.15) is 5.60 Å². The Balaban J connectivity index is 1.46. The fourth-order valence-corrected chi connectivity index (χ4v) is 4.84. The van der Waals surface area contributed by atoms with Gasteiger partial charge in [0, 0.05) is 19.1 Å². The first kappa shape index (κ1) is 17.1. The number of rotatable bonds is 4. The molecule has 4 nitrogen and oxygen atoms in total. The molecule has 23 heavy (non-hydrogen) atoms. The number of amides is 1. The van der Waals surface area contributed by atoms with Gasteiger partial charge in [0.15, 0.2) is 0 Å². The van der Waals surface area contributed by atoms with Crippen LogP contribution in [0.25, 0.3) is 0 Å². The molecule has 4 atom stereocenters. The van der Waals surface area contributed by atoms with Crippen LogP contribution in [0.3, 0.4) is 0 Å². The second-order valence-corrected chi connectivity index (χ2v) is 8.92. The van der Waals surface area contributed by atoms with Crippen molar-refractivity contribution in [1.29, 1.82) is 0 Å². The van der Waals surface area contributed by atoms with E-state index in [0.29, 0.717) is 6.04 Å². The molecule has 132 valence electrons. The SMILES string of the molecule is CC(C)(C)OC(=O)N1CCCCC1CNCC1CC2CCC1C2. The maximum atomic E-state index is 12.4. The number of hydrogen-bond acceptors (Lipinski definition) is 3. The molecule has 3 aliphatic rings. The van der Waals surface area contributed by atoms with E-state index < -0.39 is 5.60 Å². The standard InChI is InChI=1S/C19H34N2O2/c1-19(2,3)23-18(22)21-9-5-4-6-17(21)13-20-12-16-11-14-7-8-15(16)10-14/h14-17,20H,4-13H2,1-3H3. The van der Waals surface area contributed by atoms with E-state index in [-0.39, 0.29) is 6.09 Å². The quantitative estimate of drug-likeness (QED) is 0.856. The molecule has 1 heterocycles. The van der Waals surface area contributed by atoms with Gasteiger partial charge in [0.2, 0.25) is 0 Å². The summed E-state index contributed by atoms with van der Waals surface area (Å²) in [7, 11) is 0. The van der Waals surface area contributed by atoms with E-state index in [1.54, 1.807) is 0 Å². The molecule has 2 saturated carbocycles. The number of hydrogen-bond donors (Lipinski definition) is 1. The van der Waals surface area contributed by atoms with Crippen molar-refractivity contribution in [1.82, 2.24) is 10.2 Å². The molecule has 0 radical (unpaired) electrons. The van der Waals surface area contributed by atoms with Crippen molar-refractivity contribution >= 4 is 6.09 Å². The molecule has 1 amide bonds. The van der Waals surface area contributed by atoms with Crippen molar-refractivity contribution in [3.63, 3.8) is 0 Å². The summed E-state index contributed by atoms with van der Waals surface area (Å²) in [5, 5.41) is 3.68. The molecule has 4 heteroatoms. The van der Waals surface area contributed by atoms with Crippen LogP contribution >= 0.6 is 0 Å². The summed E-state index contributed by atoms with van der Waals surface area (Å²) in [6.07, 6.45) is 9.10. The van der Waals surface area contributed by atoms with Crippen LogP contribution < -0.4 is 5.32 Å². The number of piperidine rings is 1. The summed E-state index contributed by atoms with van der Waals surface area (Å²) in [5.74, 6) is 2.87. The van der Waals surface area contributed by atoms with Gasteiger partial charge in [-0.3, -0.25) is 0 Å². The topological polar surface area (TPSA) is 41.6 Å². The van der Waals surface area contributed by atoms with Gasteiger partial charge in [-0.05, 0) is 83.6 Å². The first-order chi connectivity index (χ1) is 10.9. The Bertz CT molecular complexity index is 418. The number of nitrogens with one attached hydrogen (secondary N) is 1. The number of ether oxygens (including phenoxy) is 1. The van der Waals surface area contributed by atoms with Crippen molar-refractivity contribution in [2.24, 2.45) is 17.8 Å². The van der Waals surface area contributed by atoms with E-state index in [2.05, 4.69) is 5.32 Å². The molecule has 1 aliphatic heterocycles. The van der Waals surface area contributed by atoms with Gasteiger partial charge in [-0.25, -0.2) is 4.79 Å². The summed E-state index contributed by atoms with van der Waals surface area (Å²) < 4.78 is 5.59. The van der Waals surface area contributed by atoms with Crippen LogP contribution in [0.1, 0.15) is 65.7 Å². The van der Waals surface area contributed by atoms with E-state index in [1.807, 2.05) is 25.7 Å². The number of carbonyl (C=O) groups is 1. The lowest BCUT2D eigenvalue weighted by Crippen LogP contribution is -2.50. The van der Waals surface area contributed by atoms with Crippen LogP contribution in [0.2, 0.25) is 0 Å². The Kier molecular flexibility index (Phi) is 5.19. The molecule has 0 aromatic rings. The van der Waals surface area contributed by atoms with Gasteiger partial charge in [0.25, 0.3) is 0 Å². The Hall–Kier alpha value is -0.770. The van der Waals surface area contributed by atoms with Crippen molar-refractivity contribution in [2.45, 2.75) is 77.4 Å². The summed E-state index contributed by atoms with van der Waals surface area (Å²) in [4.78, 5) is 14.4. The summed E-state index contributed by atoms with van der Waals surface area (Å²) in [6, 6.07) is 0.303.